The zero-order valence-electron chi connectivity index (χ0n) is 14.1. The number of hydrogen-bond acceptors (Lipinski definition) is 5. The minimum absolute atomic E-state index is 0.203. The minimum Gasteiger partial charge on any atom is -0.304 e. The first-order chi connectivity index (χ1) is 12.4. The van der Waals surface area contributed by atoms with Crippen molar-refractivity contribution in [2.24, 2.45) is 4.99 Å². The molecule has 1 aliphatic carbocycles. The molecule has 0 unspecified atom stereocenters. The van der Waals surface area contributed by atoms with Crippen molar-refractivity contribution < 1.29 is 12.8 Å². The SMILES string of the molecule is CS(=O)(=O)c1cccc(C2CCC2)c1N1CN=Cc2cc(F)c(Cl)nc21. The Labute approximate surface area is 156 Å². The van der Waals surface area contributed by atoms with Gasteiger partial charge in [-0.2, -0.15) is 0 Å². The molecular weight excluding hydrogens is 377 g/mol. The van der Waals surface area contributed by atoms with E-state index in [-0.39, 0.29) is 16.7 Å². The fourth-order valence-electron chi connectivity index (χ4n) is 3.42. The molecule has 0 amide bonds. The third-order valence-corrected chi connectivity index (χ3v) is 6.29. The van der Waals surface area contributed by atoms with Gasteiger partial charge in [-0.25, -0.2) is 17.8 Å². The standard InChI is InChI=1S/C18H17ClFN3O2S/c1-26(24,25)15-7-3-6-13(11-4-2-5-11)16(15)23-10-21-9-12-8-14(20)17(19)22-18(12)23/h3,6-9,11H,2,4-5,10H2,1H3. The third kappa shape index (κ3) is 2.89. The highest BCUT2D eigenvalue weighted by Crippen LogP contribution is 2.45. The maximum absolute atomic E-state index is 13.8. The summed E-state index contributed by atoms with van der Waals surface area (Å²) in [7, 11) is -3.47. The van der Waals surface area contributed by atoms with Crippen LogP contribution in [0.1, 0.15) is 36.3 Å². The molecule has 2 heterocycles. The Morgan fingerprint density at radius 2 is 2.08 bits per heavy atom. The van der Waals surface area contributed by atoms with Gasteiger partial charge in [-0.3, -0.25) is 4.99 Å². The monoisotopic (exact) mass is 393 g/mol. The Balaban J connectivity index is 1.96. The number of para-hydroxylation sites is 1. The van der Waals surface area contributed by atoms with E-state index in [2.05, 4.69) is 9.98 Å². The van der Waals surface area contributed by atoms with Gasteiger partial charge in [0.15, 0.2) is 20.8 Å². The smallest absolute Gasteiger partial charge is 0.177 e. The molecule has 1 aromatic carbocycles. The number of benzene rings is 1. The summed E-state index contributed by atoms with van der Waals surface area (Å²) in [6.45, 7) is 0.203. The van der Waals surface area contributed by atoms with E-state index in [1.807, 2.05) is 6.07 Å². The normalized spacial score (nSPS) is 17.1. The molecule has 26 heavy (non-hydrogen) atoms. The van der Waals surface area contributed by atoms with E-state index >= 15 is 0 Å². The second kappa shape index (κ2) is 6.32. The first kappa shape index (κ1) is 17.4. The summed E-state index contributed by atoms with van der Waals surface area (Å²) in [5, 5.41) is -0.244. The molecule has 8 heteroatoms. The minimum atomic E-state index is -3.47. The van der Waals surface area contributed by atoms with E-state index in [4.69, 9.17) is 11.6 Å². The van der Waals surface area contributed by atoms with Crippen LogP contribution in [0.4, 0.5) is 15.9 Å². The van der Waals surface area contributed by atoms with Crippen LogP contribution < -0.4 is 4.90 Å². The molecule has 0 atom stereocenters. The molecule has 0 bridgehead atoms. The highest BCUT2D eigenvalue weighted by molar-refractivity contribution is 7.90. The van der Waals surface area contributed by atoms with Crippen molar-refractivity contribution in [3.63, 3.8) is 0 Å². The summed E-state index contributed by atoms with van der Waals surface area (Å²) in [5.74, 6) is 0.0920. The fraction of sp³-hybridized carbons (Fsp3) is 0.333. The highest BCUT2D eigenvalue weighted by atomic mass is 35.5. The Hall–Kier alpha value is -1.99. The predicted octanol–water partition coefficient (Wildman–Crippen LogP) is 4.07. The maximum atomic E-state index is 13.8. The molecule has 1 aromatic heterocycles. The zero-order valence-corrected chi connectivity index (χ0v) is 15.7. The molecule has 0 spiro atoms. The lowest BCUT2D eigenvalue weighted by atomic mass is 9.79. The van der Waals surface area contributed by atoms with Crippen molar-refractivity contribution in [3.05, 3.63) is 46.4 Å². The van der Waals surface area contributed by atoms with Gasteiger partial charge in [0, 0.05) is 18.0 Å². The Kier molecular flexibility index (Phi) is 4.23. The zero-order chi connectivity index (χ0) is 18.5. The summed E-state index contributed by atoms with van der Waals surface area (Å²) in [5.41, 5.74) is 2.01. The summed E-state index contributed by atoms with van der Waals surface area (Å²) < 4.78 is 38.7. The molecule has 1 aliphatic heterocycles. The van der Waals surface area contributed by atoms with Crippen molar-refractivity contribution in [2.75, 3.05) is 17.8 Å². The lowest BCUT2D eigenvalue weighted by molar-refractivity contribution is 0.419. The van der Waals surface area contributed by atoms with Gasteiger partial charge in [0.25, 0.3) is 0 Å². The quantitative estimate of drug-likeness (QED) is 0.737. The van der Waals surface area contributed by atoms with Crippen LogP contribution in [-0.2, 0) is 9.84 Å². The molecule has 136 valence electrons. The summed E-state index contributed by atoms with van der Waals surface area (Å²) in [6, 6.07) is 6.59. The van der Waals surface area contributed by atoms with Crippen molar-refractivity contribution in [1.82, 2.24) is 4.98 Å². The Morgan fingerprint density at radius 3 is 2.73 bits per heavy atom. The number of aliphatic imine (C=N–C) groups is 1. The van der Waals surface area contributed by atoms with E-state index < -0.39 is 15.7 Å². The Bertz CT molecular complexity index is 1020. The Morgan fingerprint density at radius 1 is 1.31 bits per heavy atom. The summed E-state index contributed by atoms with van der Waals surface area (Å²) in [4.78, 5) is 10.4. The van der Waals surface area contributed by atoms with Crippen LogP contribution in [-0.4, -0.2) is 32.5 Å². The number of hydrogen-bond donors (Lipinski definition) is 0. The van der Waals surface area contributed by atoms with Crippen molar-refractivity contribution in [2.45, 2.75) is 30.1 Å². The molecule has 0 radical (unpaired) electrons. The van der Waals surface area contributed by atoms with Crippen LogP contribution in [0.25, 0.3) is 0 Å². The number of rotatable bonds is 3. The fourth-order valence-corrected chi connectivity index (χ4v) is 4.46. The summed E-state index contributed by atoms with van der Waals surface area (Å²) in [6.07, 6.45) is 5.88. The number of nitrogens with zero attached hydrogens (tertiary/aromatic N) is 3. The lowest BCUT2D eigenvalue weighted by Gasteiger charge is -2.34. The molecule has 2 aliphatic rings. The molecular formula is C18H17ClFN3O2S. The first-order valence-electron chi connectivity index (χ1n) is 8.32. The first-order valence-corrected chi connectivity index (χ1v) is 10.6. The van der Waals surface area contributed by atoms with E-state index in [9.17, 15) is 12.8 Å². The number of sulfone groups is 1. The van der Waals surface area contributed by atoms with Crippen LogP contribution in [0.3, 0.4) is 0 Å². The molecule has 0 N–H and O–H groups in total. The van der Waals surface area contributed by atoms with Gasteiger partial charge in [0.2, 0.25) is 0 Å². The highest BCUT2D eigenvalue weighted by Gasteiger charge is 2.31. The molecule has 1 saturated carbocycles. The van der Waals surface area contributed by atoms with Crippen molar-refractivity contribution in [3.8, 4) is 0 Å². The topological polar surface area (TPSA) is 62.6 Å². The van der Waals surface area contributed by atoms with E-state index in [1.54, 1.807) is 17.0 Å². The van der Waals surface area contributed by atoms with Gasteiger partial charge >= 0.3 is 0 Å². The van der Waals surface area contributed by atoms with Crippen molar-refractivity contribution >= 4 is 39.2 Å². The van der Waals surface area contributed by atoms with Crippen LogP contribution >= 0.6 is 11.6 Å². The van der Waals surface area contributed by atoms with Gasteiger partial charge < -0.3 is 4.90 Å². The largest absolute Gasteiger partial charge is 0.304 e. The average molecular weight is 394 g/mol. The number of pyridine rings is 1. The van der Waals surface area contributed by atoms with E-state index in [1.165, 1.54) is 18.5 Å². The number of halogens is 2. The lowest BCUT2D eigenvalue weighted by Crippen LogP contribution is -2.27. The number of aromatic nitrogens is 1. The second-order valence-electron chi connectivity index (χ2n) is 6.65. The van der Waals surface area contributed by atoms with Crippen LogP contribution in [0.15, 0.2) is 34.2 Å². The van der Waals surface area contributed by atoms with E-state index in [0.717, 1.165) is 24.8 Å². The molecule has 0 saturated heterocycles. The molecule has 5 nitrogen and oxygen atoms in total. The molecule has 4 rings (SSSR count). The van der Waals surface area contributed by atoms with Gasteiger partial charge in [0.1, 0.15) is 12.5 Å². The summed E-state index contributed by atoms with van der Waals surface area (Å²) >= 11 is 5.89. The molecule has 1 fully saturated rings. The van der Waals surface area contributed by atoms with Gasteiger partial charge in [-0.1, -0.05) is 30.2 Å². The van der Waals surface area contributed by atoms with Crippen LogP contribution in [0.5, 0.6) is 0 Å². The maximum Gasteiger partial charge on any atom is 0.177 e. The predicted molar refractivity (Wildman–Crippen MR) is 99.9 cm³/mol. The number of anilines is 2. The van der Waals surface area contributed by atoms with Gasteiger partial charge in [0.05, 0.1) is 10.6 Å². The van der Waals surface area contributed by atoms with Crippen molar-refractivity contribution in [1.29, 1.82) is 0 Å². The second-order valence-corrected chi connectivity index (χ2v) is 8.99. The average Bonchev–Trinajstić information content (AvgIpc) is 2.53. The van der Waals surface area contributed by atoms with Crippen LogP contribution in [0, 0.1) is 5.82 Å². The van der Waals surface area contributed by atoms with Crippen LogP contribution in [0.2, 0.25) is 5.15 Å². The van der Waals surface area contributed by atoms with Gasteiger partial charge in [-0.15, -0.1) is 0 Å². The number of fused-ring (bicyclic) bond motifs is 1. The molecule has 2 aromatic rings. The third-order valence-electron chi connectivity index (χ3n) is 4.90. The van der Waals surface area contributed by atoms with Gasteiger partial charge in [-0.05, 0) is 36.5 Å². The van der Waals surface area contributed by atoms with E-state index in [0.29, 0.717) is 23.0 Å².